The molecule has 0 aliphatic carbocycles. The summed E-state index contributed by atoms with van der Waals surface area (Å²) >= 11 is 0. The van der Waals surface area contributed by atoms with E-state index in [1.165, 1.54) is 26.4 Å². The van der Waals surface area contributed by atoms with Crippen LogP contribution in [-0.4, -0.2) is 37.4 Å². The van der Waals surface area contributed by atoms with Crippen LogP contribution in [0.25, 0.3) is 10.8 Å². The van der Waals surface area contributed by atoms with E-state index < -0.39 is 18.3 Å². The largest absolute Gasteiger partial charge is 0.504 e. The number of nitrogens with one attached hydrogen (secondary N) is 2. The number of hydrogen-bond acceptors (Lipinski definition) is 7. The maximum Gasteiger partial charge on any atom is 0.412 e. The van der Waals surface area contributed by atoms with Crippen LogP contribution >= 0.6 is 0 Å². The average molecular weight is 556 g/mol. The minimum atomic E-state index is -0.877. The van der Waals surface area contributed by atoms with Crippen molar-refractivity contribution in [2.45, 2.75) is 25.0 Å². The number of nitrogen functional groups attached to an aromatic ring is 1. The zero-order valence-electron chi connectivity index (χ0n) is 22.9. The van der Waals surface area contributed by atoms with E-state index in [0.717, 1.165) is 10.8 Å². The van der Waals surface area contributed by atoms with Gasteiger partial charge in [-0.15, -0.1) is 0 Å². The summed E-state index contributed by atoms with van der Waals surface area (Å²) in [6, 6.07) is 25.1. The summed E-state index contributed by atoms with van der Waals surface area (Å²) in [6.07, 6.45) is 1.83. The quantitative estimate of drug-likeness (QED) is 0.124. The van der Waals surface area contributed by atoms with Crippen molar-refractivity contribution in [1.82, 2.24) is 0 Å². The van der Waals surface area contributed by atoms with Gasteiger partial charge in [-0.2, -0.15) is 0 Å². The third kappa shape index (κ3) is 7.55. The van der Waals surface area contributed by atoms with Gasteiger partial charge in [-0.25, -0.2) is 4.79 Å². The van der Waals surface area contributed by atoms with Crippen LogP contribution in [0.4, 0.5) is 21.9 Å². The van der Waals surface area contributed by atoms with Crippen molar-refractivity contribution in [3.63, 3.8) is 0 Å². The Morgan fingerprint density at radius 1 is 0.927 bits per heavy atom. The van der Waals surface area contributed by atoms with Crippen molar-refractivity contribution in [3.8, 4) is 11.5 Å². The molecule has 4 aromatic rings. The smallest absolute Gasteiger partial charge is 0.412 e. The molecule has 2 amide bonds. The first-order valence-electron chi connectivity index (χ1n) is 13.1. The first-order chi connectivity index (χ1) is 19.9. The number of anilines is 3. The minimum absolute atomic E-state index is 0.0975. The summed E-state index contributed by atoms with van der Waals surface area (Å²) in [5.41, 5.74) is 8.01. The highest BCUT2D eigenvalue weighted by Gasteiger charge is 2.28. The SMILES string of the molecule is COc1ccc([C@@H](OC(=O)Nc2cccc3ccccc23)[C@@H](CC/C=C/C(=O)Nc2ccccc2N)OC)cc1O. The molecule has 9 nitrogen and oxygen atoms in total. The first kappa shape index (κ1) is 29.0. The number of allylic oxidation sites excluding steroid dienone is 1. The standard InChI is InChI=1S/C32H33N3O6/c1-39-28-19-18-22(20-27(28)36)31(41-32(38)35-25-15-9-11-21-10-3-4-12-23(21)25)29(40-2)16-7-8-17-30(37)34-26-14-6-5-13-24(26)33/h3-6,8-15,17-20,29,31,36H,7,16,33H2,1-2H3,(H,34,37)(H,35,38)/b17-8+/t29-,31-/m1/s1. The molecule has 0 aliphatic rings. The van der Waals surface area contributed by atoms with Crippen molar-refractivity contribution in [1.29, 1.82) is 0 Å². The van der Waals surface area contributed by atoms with Crippen LogP contribution in [-0.2, 0) is 14.3 Å². The van der Waals surface area contributed by atoms with E-state index in [-0.39, 0.29) is 17.4 Å². The maximum atomic E-state index is 13.1. The van der Waals surface area contributed by atoms with Gasteiger partial charge in [0, 0.05) is 12.5 Å². The van der Waals surface area contributed by atoms with Gasteiger partial charge in [-0.1, -0.05) is 60.7 Å². The molecule has 5 N–H and O–H groups in total. The Balaban J connectivity index is 1.48. The van der Waals surface area contributed by atoms with Crippen LogP contribution in [0.2, 0.25) is 0 Å². The normalized spacial score (nSPS) is 12.5. The fourth-order valence-corrected chi connectivity index (χ4v) is 4.46. The second kappa shape index (κ2) is 13.9. The van der Waals surface area contributed by atoms with Gasteiger partial charge < -0.3 is 30.4 Å². The third-order valence-corrected chi connectivity index (χ3v) is 6.54. The topological polar surface area (TPSA) is 132 Å². The molecule has 0 radical (unpaired) electrons. The molecule has 0 aliphatic heterocycles. The number of fused-ring (bicyclic) bond motifs is 1. The highest BCUT2D eigenvalue weighted by molar-refractivity contribution is 6.01. The van der Waals surface area contributed by atoms with Gasteiger partial charge in [0.25, 0.3) is 0 Å². The number of aromatic hydroxyl groups is 1. The number of para-hydroxylation sites is 2. The number of phenols is 1. The van der Waals surface area contributed by atoms with E-state index in [2.05, 4.69) is 10.6 Å². The number of hydrogen-bond donors (Lipinski definition) is 4. The van der Waals surface area contributed by atoms with Gasteiger partial charge in [0.15, 0.2) is 17.6 Å². The average Bonchev–Trinajstić information content (AvgIpc) is 2.97. The van der Waals surface area contributed by atoms with Gasteiger partial charge in [0.1, 0.15) is 0 Å². The highest BCUT2D eigenvalue weighted by atomic mass is 16.6. The molecule has 0 fully saturated rings. The Labute approximate surface area is 238 Å². The minimum Gasteiger partial charge on any atom is -0.504 e. The zero-order valence-corrected chi connectivity index (χ0v) is 22.9. The molecule has 41 heavy (non-hydrogen) atoms. The lowest BCUT2D eigenvalue weighted by Crippen LogP contribution is -2.28. The number of amides is 2. The Hall–Kier alpha value is -5.02. The summed E-state index contributed by atoms with van der Waals surface area (Å²) in [5.74, 6) is -0.131. The molecule has 0 bridgehead atoms. The van der Waals surface area contributed by atoms with Gasteiger partial charge in [-0.05, 0) is 60.2 Å². The van der Waals surface area contributed by atoms with Crippen LogP contribution in [0.15, 0.2) is 97.1 Å². The number of phenolic OH excluding ortho intramolecular Hbond substituents is 1. The van der Waals surface area contributed by atoms with Crippen LogP contribution in [0, 0.1) is 0 Å². The molecule has 2 atom stereocenters. The Bertz CT molecular complexity index is 1530. The Kier molecular flexibility index (Phi) is 9.80. The molecule has 0 unspecified atom stereocenters. The predicted molar refractivity (Wildman–Crippen MR) is 160 cm³/mol. The summed E-state index contributed by atoms with van der Waals surface area (Å²) in [7, 11) is 2.97. The monoisotopic (exact) mass is 555 g/mol. The molecule has 0 saturated heterocycles. The van der Waals surface area contributed by atoms with E-state index in [1.807, 2.05) is 36.4 Å². The molecular formula is C32H33N3O6. The van der Waals surface area contributed by atoms with Crippen LogP contribution in [0.1, 0.15) is 24.5 Å². The number of nitrogens with two attached hydrogens (primary N) is 1. The van der Waals surface area contributed by atoms with Gasteiger partial charge >= 0.3 is 6.09 Å². The fourth-order valence-electron chi connectivity index (χ4n) is 4.46. The second-order valence-electron chi connectivity index (χ2n) is 9.24. The fraction of sp³-hybridized carbons (Fsp3) is 0.188. The lowest BCUT2D eigenvalue weighted by molar-refractivity contribution is -0.111. The number of rotatable bonds is 11. The van der Waals surface area contributed by atoms with E-state index in [0.29, 0.717) is 35.5 Å². The first-order valence-corrected chi connectivity index (χ1v) is 13.1. The molecule has 0 spiro atoms. The summed E-state index contributed by atoms with van der Waals surface area (Å²) in [5, 5.41) is 17.8. The van der Waals surface area contributed by atoms with Crippen LogP contribution in [0.5, 0.6) is 11.5 Å². The van der Waals surface area contributed by atoms with Gasteiger partial charge in [0.2, 0.25) is 5.91 Å². The highest BCUT2D eigenvalue weighted by Crippen LogP contribution is 2.34. The van der Waals surface area contributed by atoms with Crippen molar-refractivity contribution in [2.24, 2.45) is 0 Å². The third-order valence-electron chi connectivity index (χ3n) is 6.54. The number of carbonyl (C=O) groups excluding carboxylic acids is 2. The molecule has 212 valence electrons. The zero-order chi connectivity index (χ0) is 29.2. The van der Waals surface area contributed by atoms with Crippen molar-refractivity contribution < 1.29 is 28.9 Å². The van der Waals surface area contributed by atoms with Crippen molar-refractivity contribution in [3.05, 3.63) is 103 Å². The van der Waals surface area contributed by atoms with Crippen molar-refractivity contribution in [2.75, 3.05) is 30.6 Å². The molecule has 4 aromatic carbocycles. The lowest BCUT2D eigenvalue weighted by Gasteiger charge is -2.27. The summed E-state index contributed by atoms with van der Waals surface area (Å²) in [4.78, 5) is 25.5. The Morgan fingerprint density at radius 3 is 2.41 bits per heavy atom. The molecule has 4 rings (SSSR count). The van der Waals surface area contributed by atoms with Gasteiger partial charge in [-0.3, -0.25) is 10.1 Å². The predicted octanol–water partition coefficient (Wildman–Crippen LogP) is 6.42. The maximum absolute atomic E-state index is 13.1. The molecule has 0 aromatic heterocycles. The van der Waals surface area contributed by atoms with E-state index >= 15 is 0 Å². The molecule has 0 saturated carbocycles. The summed E-state index contributed by atoms with van der Waals surface area (Å²) in [6.45, 7) is 0. The number of ether oxygens (including phenoxy) is 3. The number of benzene rings is 4. The number of carbonyl (C=O) groups is 2. The lowest BCUT2D eigenvalue weighted by atomic mass is 9.99. The van der Waals surface area contributed by atoms with Crippen LogP contribution < -0.4 is 21.1 Å². The number of methoxy groups -OCH3 is 2. The molecular weight excluding hydrogens is 522 g/mol. The molecule has 0 heterocycles. The van der Waals surface area contributed by atoms with Crippen LogP contribution in [0.3, 0.4) is 0 Å². The van der Waals surface area contributed by atoms with Crippen molar-refractivity contribution >= 4 is 39.8 Å². The van der Waals surface area contributed by atoms with E-state index in [1.54, 1.807) is 48.5 Å². The van der Waals surface area contributed by atoms with E-state index in [9.17, 15) is 14.7 Å². The van der Waals surface area contributed by atoms with E-state index in [4.69, 9.17) is 19.9 Å². The summed E-state index contributed by atoms with van der Waals surface area (Å²) < 4.78 is 16.8. The second-order valence-corrected chi connectivity index (χ2v) is 9.24. The molecule has 9 heteroatoms. The Morgan fingerprint density at radius 2 is 1.66 bits per heavy atom. The van der Waals surface area contributed by atoms with Gasteiger partial charge in [0.05, 0.1) is 30.3 Å².